The monoisotopic (exact) mass is 334 g/mol. The first-order chi connectivity index (χ1) is 11.7. The number of piperidine rings is 1. The molecule has 1 aromatic rings. The van der Waals surface area contributed by atoms with Crippen LogP contribution in [0.5, 0.6) is 5.75 Å². The Kier molecular flexibility index (Phi) is 7.89. The number of benzene rings is 1. The quantitative estimate of drug-likeness (QED) is 0.724. The minimum absolute atomic E-state index is 0.394. The van der Waals surface area contributed by atoms with Crippen molar-refractivity contribution in [2.24, 2.45) is 0 Å². The number of hydrogen-bond acceptors (Lipinski definition) is 4. The first-order valence-corrected chi connectivity index (χ1v) is 9.08. The van der Waals surface area contributed by atoms with Crippen molar-refractivity contribution in [2.75, 3.05) is 38.2 Å². The van der Waals surface area contributed by atoms with E-state index in [1.54, 1.807) is 0 Å². The number of hydrogen-bond donors (Lipinski definition) is 1. The first-order valence-electron chi connectivity index (χ1n) is 9.08. The van der Waals surface area contributed by atoms with Crippen LogP contribution in [0.15, 0.2) is 18.2 Å². The number of aryl methyl sites for hydroxylation is 1. The summed E-state index contributed by atoms with van der Waals surface area (Å²) < 4.78 is 11.0. The number of carbonyl (C=O) groups is 1. The van der Waals surface area contributed by atoms with Crippen LogP contribution in [0.4, 0.5) is 10.5 Å². The number of nitrogens with zero attached hydrogens (tertiary/aromatic N) is 1. The lowest BCUT2D eigenvalue weighted by Crippen LogP contribution is -2.33. The van der Waals surface area contributed by atoms with Gasteiger partial charge in [0.15, 0.2) is 0 Å². The molecule has 1 aliphatic heterocycles. The highest BCUT2D eigenvalue weighted by atomic mass is 16.5. The molecule has 1 N–H and O–H groups in total. The average Bonchev–Trinajstić information content (AvgIpc) is 2.58. The van der Waals surface area contributed by atoms with Crippen LogP contribution in [0.2, 0.25) is 0 Å². The maximum atomic E-state index is 11.9. The van der Waals surface area contributed by atoms with E-state index >= 15 is 0 Å². The van der Waals surface area contributed by atoms with E-state index in [0.717, 1.165) is 56.1 Å². The maximum Gasteiger partial charge on any atom is 0.411 e. The highest BCUT2D eigenvalue weighted by Gasteiger charge is 2.11. The van der Waals surface area contributed by atoms with E-state index in [4.69, 9.17) is 9.47 Å². The van der Waals surface area contributed by atoms with E-state index in [1.807, 2.05) is 25.1 Å². The van der Waals surface area contributed by atoms with Crippen LogP contribution < -0.4 is 10.1 Å². The van der Waals surface area contributed by atoms with Gasteiger partial charge in [0.1, 0.15) is 12.4 Å². The molecule has 0 atom stereocenters. The molecule has 0 unspecified atom stereocenters. The van der Waals surface area contributed by atoms with Crippen molar-refractivity contribution in [1.82, 2.24) is 4.90 Å². The van der Waals surface area contributed by atoms with Crippen LogP contribution in [0.3, 0.4) is 0 Å². The van der Waals surface area contributed by atoms with Gasteiger partial charge in [0.2, 0.25) is 0 Å². The fourth-order valence-corrected chi connectivity index (χ4v) is 2.80. The van der Waals surface area contributed by atoms with Gasteiger partial charge in [-0.05, 0) is 63.0 Å². The summed E-state index contributed by atoms with van der Waals surface area (Å²) in [5, 5.41) is 2.81. The highest BCUT2D eigenvalue weighted by molar-refractivity contribution is 5.85. The molecule has 0 aromatic heterocycles. The first kappa shape index (κ1) is 18.6. The standard InChI is InChI=1S/C19H30N2O3/c1-3-4-13-23-17-8-9-18(16(2)15-17)20-19(22)24-14-12-21-10-6-5-7-11-21/h8-9,15H,3-7,10-14H2,1-2H3,(H,20,22). The Labute approximate surface area is 145 Å². The molecule has 1 fully saturated rings. The molecule has 0 saturated carbocycles. The Bertz CT molecular complexity index is 513. The van der Waals surface area contributed by atoms with Gasteiger partial charge in [-0.1, -0.05) is 19.8 Å². The number of likely N-dealkylation sites (tertiary alicyclic amines) is 1. The molecule has 0 aliphatic carbocycles. The van der Waals surface area contributed by atoms with Crippen molar-refractivity contribution in [3.63, 3.8) is 0 Å². The summed E-state index contributed by atoms with van der Waals surface area (Å²) in [6.45, 7) is 8.29. The summed E-state index contributed by atoms with van der Waals surface area (Å²) in [7, 11) is 0. The molecule has 24 heavy (non-hydrogen) atoms. The van der Waals surface area contributed by atoms with Crippen molar-refractivity contribution in [3.05, 3.63) is 23.8 Å². The molecule has 1 amide bonds. The Morgan fingerprint density at radius 2 is 2.00 bits per heavy atom. The van der Waals surface area contributed by atoms with Gasteiger partial charge in [-0.3, -0.25) is 10.2 Å². The SMILES string of the molecule is CCCCOc1ccc(NC(=O)OCCN2CCCCC2)c(C)c1. The molecular weight excluding hydrogens is 304 g/mol. The van der Waals surface area contributed by atoms with E-state index < -0.39 is 6.09 Å². The lowest BCUT2D eigenvalue weighted by Gasteiger charge is -2.25. The third-order valence-electron chi connectivity index (χ3n) is 4.29. The summed E-state index contributed by atoms with van der Waals surface area (Å²) in [6, 6.07) is 5.69. The molecule has 1 saturated heterocycles. The van der Waals surface area contributed by atoms with Crippen molar-refractivity contribution in [1.29, 1.82) is 0 Å². The normalized spacial score (nSPS) is 15.1. The summed E-state index contributed by atoms with van der Waals surface area (Å²) in [4.78, 5) is 14.3. The molecule has 1 aliphatic rings. The zero-order valence-electron chi connectivity index (χ0n) is 15.0. The molecular formula is C19H30N2O3. The Morgan fingerprint density at radius 1 is 1.21 bits per heavy atom. The zero-order chi connectivity index (χ0) is 17.2. The summed E-state index contributed by atoms with van der Waals surface area (Å²) in [5.74, 6) is 0.838. The van der Waals surface area contributed by atoms with E-state index in [0.29, 0.717) is 6.61 Å². The van der Waals surface area contributed by atoms with Gasteiger partial charge in [-0.25, -0.2) is 4.79 Å². The van der Waals surface area contributed by atoms with Gasteiger partial charge in [-0.2, -0.15) is 0 Å². The van der Waals surface area contributed by atoms with Crippen molar-refractivity contribution >= 4 is 11.8 Å². The third-order valence-corrected chi connectivity index (χ3v) is 4.29. The molecule has 1 aromatic carbocycles. The number of unbranched alkanes of at least 4 members (excludes halogenated alkanes) is 1. The van der Waals surface area contributed by atoms with Crippen LogP contribution >= 0.6 is 0 Å². The van der Waals surface area contributed by atoms with Crippen LogP contribution in [-0.2, 0) is 4.74 Å². The fraction of sp³-hybridized carbons (Fsp3) is 0.632. The second-order valence-corrected chi connectivity index (χ2v) is 6.34. The predicted octanol–water partition coefficient (Wildman–Crippen LogP) is 4.21. The maximum absolute atomic E-state index is 11.9. The van der Waals surface area contributed by atoms with Crippen LogP contribution in [0.25, 0.3) is 0 Å². The molecule has 0 spiro atoms. The lowest BCUT2D eigenvalue weighted by molar-refractivity contribution is 0.131. The number of rotatable bonds is 8. The second-order valence-electron chi connectivity index (χ2n) is 6.34. The van der Waals surface area contributed by atoms with E-state index in [-0.39, 0.29) is 0 Å². The number of nitrogens with one attached hydrogen (secondary N) is 1. The molecule has 0 radical (unpaired) electrons. The molecule has 0 bridgehead atoms. The average molecular weight is 334 g/mol. The van der Waals surface area contributed by atoms with E-state index in [9.17, 15) is 4.79 Å². The minimum Gasteiger partial charge on any atom is -0.494 e. The van der Waals surface area contributed by atoms with Gasteiger partial charge in [0.25, 0.3) is 0 Å². The third kappa shape index (κ3) is 6.40. The smallest absolute Gasteiger partial charge is 0.411 e. The molecule has 2 rings (SSSR count). The van der Waals surface area contributed by atoms with Gasteiger partial charge in [0, 0.05) is 12.2 Å². The molecule has 5 nitrogen and oxygen atoms in total. The number of anilines is 1. The highest BCUT2D eigenvalue weighted by Crippen LogP contribution is 2.21. The largest absolute Gasteiger partial charge is 0.494 e. The van der Waals surface area contributed by atoms with Gasteiger partial charge >= 0.3 is 6.09 Å². The molecule has 1 heterocycles. The van der Waals surface area contributed by atoms with Crippen LogP contribution in [-0.4, -0.2) is 43.8 Å². The van der Waals surface area contributed by atoms with Crippen molar-refractivity contribution < 1.29 is 14.3 Å². The Balaban J connectivity index is 1.72. The van der Waals surface area contributed by atoms with E-state index in [2.05, 4.69) is 17.1 Å². The summed E-state index contributed by atoms with van der Waals surface area (Å²) >= 11 is 0. The summed E-state index contributed by atoms with van der Waals surface area (Å²) in [5.41, 5.74) is 1.73. The number of ether oxygens (including phenoxy) is 2. The van der Waals surface area contributed by atoms with Gasteiger partial charge in [-0.15, -0.1) is 0 Å². The summed E-state index contributed by atoms with van der Waals surface area (Å²) in [6.07, 6.45) is 5.57. The molecule has 134 valence electrons. The minimum atomic E-state index is -0.394. The fourth-order valence-electron chi connectivity index (χ4n) is 2.80. The number of carbonyl (C=O) groups excluding carboxylic acids is 1. The predicted molar refractivity (Wildman–Crippen MR) is 96.8 cm³/mol. The Morgan fingerprint density at radius 3 is 2.71 bits per heavy atom. The second kappa shape index (κ2) is 10.2. The number of amides is 1. The van der Waals surface area contributed by atoms with Gasteiger partial charge < -0.3 is 9.47 Å². The van der Waals surface area contributed by atoms with Gasteiger partial charge in [0.05, 0.1) is 6.61 Å². The zero-order valence-corrected chi connectivity index (χ0v) is 15.0. The van der Waals surface area contributed by atoms with E-state index in [1.165, 1.54) is 19.3 Å². The van der Waals surface area contributed by atoms with Crippen LogP contribution in [0.1, 0.15) is 44.6 Å². The topological polar surface area (TPSA) is 50.8 Å². The van der Waals surface area contributed by atoms with Crippen molar-refractivity contribution in [2.45, 2.75) is 46.0 Å². The molecule has 5 heteroatoms. The van der Waals surface area contributed by atoms with Crippen molar-refractivity contribution in [3.8, 4) is 5.75 Å². The Hall–Kier alpha value is -1.75. The van der Waals surface area contributed by atoms with Crippen LogP contribution in [0, 0.1) is 6.92 Å². The lowest BCUT2D eigenvalue weighted by atomic mass is 10.1.